The highest BCUT2D eigenvalue weighted by Crippen LogP contribution is 2.42. The zero-order chi connectivity index (χ0) is 15.7. The lowest BCUT2D eigenvalue weighted by Crippen LogP contribution is -1.93. The van der Waals surface area contributed by atoms with Crippen molar-refractivity contribution in [2.24, 2.45) is 0 Å². The van der Waals surface area contributed by atoms with Crippen LogP contribution in [0.2, 0.25) is 0 Å². The van der Waals surface area contributed by atoms with E-state index in [2.05, 4.69) is 12.1 Å². The molecule has 2 nitrogen and oxygen atoms in total. The Bertz CT molecular complexity index is 686. The summed E-state index contributed by atoms with van der Waals surface area (Å²) in [4.78, 5) is 0. The average molecular weight is 320 g/mol. The average Bonchev–Trinajstić information content (AvgIpc) is 2.62. The SMILES string of the molecule is C(=CP(Oc1ccccc1)Oc1ccccc1)c1ccccc1. The second kappa shape index (κ2) is 8.17. The second-order valence-corrected chi connectivity index (χ2v) is 6.05. The molecule has 0 aliphatic heterocycles. The quantitative estimate of drug-likeness (QED) is 0.509. The number of benzene rings is 3. The van der Waals surface area contributed by atoms with Gasteiger partial charge >= 0.3 is 8.38 Å². The summed E-state index contributed by atoms with van der Waals surface area (Å²) in [6.07, 6.45) is 2.03. The van der Waals surface area contributed by atoms with Gasteiger partial charge in [0.1, 0.15) is 11.5 Å². The third-order valence-electron chi connectivity index (χ3n) is 3.07. The molecule has 0 bridgehead atoms. The van der Waals surface area contributed by atoms with Crippen LogP contribution in [0.4, 0.5) is 0 Å². The van der Waals surface area contributed by atoms with Gasteiger partial charge in [-0.2, -0.15) is 0 Å². The second-order valence-electron chi connectivity index (χ2n) is 4.82. The summed E-state index contributed by atoms with van der Waals surface area (Å²) in [7, 11) is -1.22. The van der Waals surface area contributed by atoms with Crippen LogP contribution in [0.1, 0.15) is 5.56 Å². The van der Waals surface area contributed by atoms with Crippen LogP contribution < -0.4 is 9.05 Å². The number of hydrogen-bond donors (Lipinski definition) is 0. The van der Waals surface area contributed by atoms with Gasteiger partial charge in [-0.15, -0.1) is 0 Å². The van der Waals surface area contributed by atoms with Gasteiger partial charge in [0.15, 0.2) is 0 Å². The van der Waals surface area contributed by atoms with E-state index in [1.165, 1.54) is 0 Å². The Labute approximate surface area is 137 Å². The molecule has 0 amide bonds. The molecule has 0 radical (unpaired) electrons. The third-order valence-corrected chi connectivity index (χ3v) is 4.24. The van der Waals surface area contributed by atoms with E-state index in [1.54, 1.807) is 0 Å². The minimum absolute atomic E-state index is 0.798. The summed E-state index contributed by atoms with van der Waals surface area (Å²) in [6, 6.07) is 29.6. The summed E-state index contributed by atoms with van der Waals surface area (Å²) in [6.45, 7) is 0. The Morgan fingerprint density at radius 1 is 0.565 bits per heavy atom. The molecule has 0 saturated carbocycles. The van der Waals surface area contributed by atoms with E-state index in [9.17, 15) is 0 Å². The van der Waals surface area contributed by atoms with E-state index in [4.69, 9.17) is 9.05 Å². The molecule has 0 saturated heterocycles. The maximum Gasteiger partial charge on any atom is 0.318 e. The molecule has 0 N–H and O–H groups in total. The van der Waals surface area contributed by atoms with Gasteiger partial charge in [-0.05, 0) is 35.9 Å². The van der Waals surface area contributed by atoms with Crippen molar-refractivity contribution in [2.45, 2.75) is 0 Å². The molecule has 114 valence electrons. The van der Waals surface area contributed by atoms with Crippen molar-refractivity contribution in [3.05, 3.63) is 102 Å². The fourth-order valence-electron chi connectivity index (χ4n) is 1.96. The maximum atomic E-state index is 6.00. The molecule has 0 unspecified atom stereocenters. The van der Waals surface area contributed by atoms with Crippen molar-refractivity contribution in [3.63, 3.8) is 0 Å². The Hall–Kier alpha value is -2.57. The highest BCUT2D eigenvalue weighted by Gasteiger charge is 2.10. The highest BCUT2D eigenvalue weighted by atomic mass is 31.2. The Balaban J connectivity index is 1.76. The van der Waals surface area contributed by atoms with Gasteiger partial charge in [0.25, 0.3) is 0 Å². The van der Waals surface area contributed by atoms with Gasteiger partial charge in [-0.1, -0.05) is 66.7 Å². The summed E-state index contributed by atoms with van der Waals surface area (Å²) < 4.78 is 12.0. The number of para-hydroxylation sites is 2. The predicted octanol–water partition coefficient (Wildman–Crippen LogP) is 6.13. The van der Waals surface area contributed by atoms with Gasteiger partial charge < -0.3 is 9.05 Å². The maximum absolute atomic E-state index is 6.00. The predicted molar refractivity (Wildman–Crippen MR) is 96.5 cm³/mol. The zero-order valence-corrected chi connectivity index (χ0v) is 13.5. The number of hydrogen-bond acceptors (Lipinski definition) is 2. The van der Waals surface area contributed by atoms with Crippen LogP contribution in [-0.2, 0) is 0 Å². The topological polar surface area (TPSA) is 18.5 Å². The van der Waals surface area contributed by atoms with E-state index in [0.717, 1.165) is 17.1 Å². The van der Waals surface area contributed by atoms with Crippen LogP contribution in [-0.4, -0.2) is 0 Å². The molecule has 0 heterocycles. The van der Waals surface area contributed by atoms with Gasteiger partial charge in [0.2, 0.25) is 0 Å². The molecular weight excluding hydrogens is 303 g/mol. The van der Waals surface area contributed by atoms with Crippen molar-refractivity contribution in [2.75, 3.05) is 0 Å². The molecule has 0 fully saturated rings. The number of rotatable bonds is 6. The fraction of sp³-hybridized carbons (Fsp3) is 0. The Morgan fingerprint density at radius 2 is 1.00 bits per heavy atom. The first-order chi connectivity index (χ1) is 11.4. The van der Waals surface area contributed by atoms with Crippen LogP contribution in [0, 0.1) is 0 Å². The van der Waals surface area contributed by atoms with Gasteiger partial charge in [-0.25, -0.2) is 0 Å². The highest BCUT2D eigenvalue weighted by molar-refractivity contribution is 7.51. The lowest BCUT2D eigenvalue weighted by Gasteiger charge is -2.15. The van der Waals surface area contributed by atoms with E-state index in [0.29, 0.717) is 0 Å². The molecule has 0 aliphatic rings. The van der Waals surface area contributed by atoms with Gasteiger partial charge in [0, 0.05) is 5.82 Å². The van der Waals surface area contributed by atoms with E-state index in [-0.39, 0.29) is 0 Å². The monoisotopic (exact) mass is 320 g/mol. The lowest BCUT2D eigenvalue weighted by atomic mass is 10.2. The van der Waals surface area contributed by atoms with Crippen LogP contribution in [0.5, 0.6) is 11.5 Å². The van der Waals surface area contributed by atoms with Crippen molar-refractivity contribution in [3.8, 4) is 11.5 Å². The van der Waals surface area contributed by atoms with Gasteiger partial charge in [0.05, 0.1) is 0 Å². The lowest BCUT2D eigenvalue weighted by molar-refractivity contribution is 0.501. The van der Waals surface area contributed by atoms with Crippen molar-refractivity contribution in [1.82, 2.24) is 0 Å². The minimum atomic E-state index is -1.22. The van der Waals surface area contributed by atoms with Crippen molar-refractivity contribution >= 4 is 14.5 Å². The standard InChI is InChI=1S/C20H17O2P/c1-4-10-18(11-5-1)16-17-23(21-19-12-6-2-7-13-19)22-20-14-8-3-9-15-20/h1-17H. The molecule has 3 aromatic rings. The van der Waals surface area contributed by atoms with Crippen molar-refractivity contribution < 1.29 is 9.05 Å². The summed E-state index contributed by atoms with van der Waals surface area (Å²) in [5.41, 5.74) is 1.12. The van der Waals surface area contributed by atoms with E-state index >= 15 is 0 Å². The van der Waals surface area contributed by atoms with E-state index in [1.807, 2.05) is 90.8 Å². The fourth-order valence-corrected chi connectivity index (χ4v) is 3.07. The van der Waals surface area contributed by atoms with Crippen LogP contribution in [0.15, 0.2) is 96.8 Å². The van der Waals surface area contributed by atoms with Crippen LogP contribution >= 0.6 is 8.38 Å². The molecule has 3 heteroatoms. The zero-order valence-electron chi connectivity index (χ0n) is 12.6. The molecule has 23 heavy (non-hydrogen) atoms. The smallest absolute Gasteiger partial charge is 0.318 e. The summed E-state index contributed by atoms with van der Waals surface area (Å²) in [5.74, 6) is 3.57. The largest absolute Gasteiger partial charge is 0.436 e. The molecule has 0 spiro atoms. The first-order valence-electron chi connectivity index (χ1n) is 7.39. The third kappa shape index (κ3) is 4.98. The first kappa shape index (κ1) is 15.3. The first-order valence-corrected chi connectivity index (χ1v) is 8.63. The normalized spacial score (nSPS) is 10.8. The molecule has 3 rings (SSSR count). The molecule has 0 aliphatic carbocycles. The molecular formula is C20H17O2P. The minimum Gasteiger partial charge on any atom is -0.436 e. The van der Waals surface area contributed by atoms with Crippen molar-refractivity contribution in [1.29, 1.82) is 0 Å². The van der Waals surface area contributed by atoms with E-state index < -0.39 is 8.38 Å². The Morgan fingerprint density at radius 3 is 1.48 bits per heavy atom. The molecule has 0 atom stereocenters. The van der Waals surface area contributed by atoms with Crippen LogP contribution in [0.3, 0.4) is 0 Å². The molecule has 0 aromatic heterocycles. The molecule has 3 aromatic carbocycles. The van der Waals surface area contributed by atoms with Gasteiger partial charge in [-0.3, -0.25) is 0 Å². The Kier molecular flexibility index (Phi) is 5.44. The summed E-state index contributed by atoms with van der Waals surface area (Å²) >= 11 is 0. The summed E-state index contributed by atoms with van der Waals surface area (Å²) in [5, 5.41) is 0. The van der Waals surface area contributed by atoms with Crippen LogP contribution in [0.25, 0.3) is 6.08 Å².